The van der Waals surface area contributed by atoms with Crippen molar-refractivity contribution in [2.75, 3.05) is 6.26 Å². The van der Waals surface area contributed by atoms with Crippen LogP contribution in [0.4, 0.5) is 0 Å². The number of benzene rings is 2. The van der Waals surface area contributed by atoms with Crippen LogP contribution in [-0.2, 0) is 27.7 Å². The van der Waals surface area contributed by atoms with Gasteiger partial charge in [0.1, 0.15) is 0 Å². The van der Waals surface area contributed by atoms with Crippen LogP contribution in [0.2, 0.25) is 0 Å². The fourth-order valence-electron chi connectivity index (χ4n) is 3.98. The van der Waals surface area contributed by atoms with Crippen molar-refractivity contribution in [3.63, 3.8) is 0 Å². The SMILES string of the molecule is CC(CCn1ccc(-c2ccc(-c3cnnn3Cc3ccccc3)cc2)cc1=O)(C(=O)NO)S(C)(=O)=O. The summed E-state index contributed by atoms with van der Waals surface area (Å²) in [4.78, 5) is 24.7. The van der Waals surface area contributed by atoms with Crippen LogP contribution in [0.3, 0.4) is 0 Å². The molecule has 1 unspecified atom stereocenters. The summed E-state index contributed by atoms with van der Waals surface area (Å²) in [6.07, 6.45) is 4.00. The number of pyridine rings is 1. The van der Waals surface area contributed by atoms with Crippen LogP contribution >= 0.6 is 0 Å². The first-order chi connectivity index (χ1) is 17.6. The van der Waals surface area contributed by atoms with Gasteiger partial charge < -0.3 is 4.57 Å². The van der Waals surface area contributed by atoms with Crippen LogP contribution in [0.1, 0.15) is 18.9 Å². The molecule has 0 spiro atoms. The number of aryl methyl sites for hydroxylation is 1. The zero-order valence-electron chi connectivity index (χ0n) is 20.4. The molecule has 1 amide bonds. The molecule has 4 rings (SSSR count). The second kappa shape index (κ2) is 10.5. The highest BCUT2D eigenvalue weighted by Crippen LogP contribution is 2.25. The van der Waals surface area contributed by atoms with E-state index in [1.165, 1.54) is 23.0 Å². The molecule has 0 radical (unpaired) electrons. The fourth-order valence-corrected chi connectivity index (χ4v) is 4.82. The zero-order valence-corrected chi connectivity index (χ0v) is 21.2. The van der Waals surface area contributed by atoms with Crippen molar-refractivity contribution in [2.24, 2.45) is 0 Å². The molecule has 2 N–H and O–H groups in total. The highest BCUT2D eigenvalue weighted by molar-refractivity contribution is 7.92. The number of hydroxylamine groups is 1. The standard InChI is InChI=1S/C26H27N5O5S/c1-26(25(33)28-34,37(2,35)36)13-15-30-14-12-22(16-24(30)32)20-8-10-21(11-9-20)23-17-27-29-31(23)18-19-6-4-3-5-7-19/h3-12,14,16-17,34H,13,15,18H2,1-2H3,(H,28,33). The number of hydrogen-bond acceptors (Lipinski definition) is 7. The molecule has 10 nitrogen and oxygen atoms in total. The highest BCUT2D eigenvalue weighted by Gasteiger charge is 2.43. The quantitative estimate of drug-likeness (QED) is 0.255. The molecular weight excluding hydrogens is 494 g/mol. The maximum absolute atomic E-state index is 12.7. The average molecular weight is 522 g/mol. The van der Waals surface area contributed by atoms with Crippen LogP contribution in [0, 0.1) is 0 Å². The molecule has 37 heavy (non-hydrogen) atoms. The fraction of sp³-hybridized carbons (Fsp3) is 0.231. The number of aromatic nitrogens is 4. The van der Waals surface area contributed by atoms with E-state index in [1.807, 2.05) is 59.3 Å². The number of carbonyl (C=O) groups excluding carboxylic acids is 1. The lowest BCUT2D eigenvalue weighted by Crippen LogP contribution is -2.49. The van der Waals surface area contributed by atoms with E-state index in [0.717, 1.165) is 28.6 Å². The van der Waals surface area contributed by atoms with E-state index in [4.69, 9.17) is 5.21 Å². The lowest BCUT2D eigenvalue weighted by Gasteiger charge is -2.25. The molecular formula is C26H27N5O5S. The van der Waals surface area contributed by atoms with Crippen molar-refractivity contribution in [2.45, 2.75) is 31.2 Å². The Bertz CT molecular complexity index is 1560. The molecule has 0 aliphatic heterocycles. The van der Waals surface area contributed by atoms with Gasteiger partial charge in [0.15, 0.2) is 14.6 Å². The third-order valence-corrected chi connectivity index (χ3v) is 8.56. The summed E-state index contributed by atoms with van der Waals surface area (Å²) in [6.45, 7) is 1.79. The molecule has 0 fully saturated rings. The predicted octanol–water partition coefficient (Wildman–Crippen LogP) is 2.52. The maximum Gasteiger partial charge on any atom is 0.264 e. The van der Waals surface area contributed by atoms with Gasteiger partial charge in [0.05, 0.1) is 18.4 Å². The Labute approximate surface area is 214 Å². The Morgan fingerprint density at radius 1 is 1.03 bits per heavy atom. The number of nitrogens with one attached hydrogen (secondary N) is 1. The summed E-state index contributed by atoms with van der Waals surface area (Å²) in [6, 6.07) is 20.9. The Balaban J connectivity index is 1.51. The summed E-state index contributed by atoms with van der Waals surface area (Å²) in [7, 11) is -3.85. The van der Waals surface area contributed by atoms with Gasteiger partial charge in [-0.3, -0.25) is 14.8 Å². The minimum atomic E-state index is -3.85. The van der Waals surface area contributed by atoms with Crippen LogP contribution in [0.25, 0.3) is 22.4 Å². The maximum atomic E-state index is 12.7. The van der Waals surface area contributed by atoms with Gasteiger partial charge in [-0.2, -0.15) is 0 Å². The van der Waals surface area contributed by atoms with E-state index in [9.17, 15) is 18.0 Å². The van der Waals surface area contributed by atoms with Crippen LogP contribution < -0.4 is 11.0 Å². The lowest BCUT2D eigenvalue weighted by molar-refractivity contribution is -0.131. The number of amides is 1. The Morgan fingerprint density at radius 3 is 2.32 bits per heavy atom. The molecule has 192 valence electrons. The summed E-state index contributed by atoms with van der Waals surface area (Å²) in [5.74, 6) is -1.04. The largest absolute Gasteiger partial charge is 0.315 e. The third kappa shape index (κ3) is 5.52. The average Bonchev–Trinajstić information content (AvgIpc) is 3.35. The molecule has 2 heterocycles. The molecule has 4 aromatic rings. The Morgan fingerprint density at radius 2 is 1.70 bits per heavy atom. The van der Waals surface area contributed by atoms with Gasteiger partial charge in [-0.25, -0.2) is 18.6 Å². The molecule has 0 bridgehead atoms. The van der Waals surface area contributed by atoms with Gasteiger partial charge in [-0.15, -0.1) is 5.10 Å². The van der Waals surface area contributed by atoms with Gasteiger partial charge in [-0.05, 0) is 36.1 Å². The van der Waals surface area contributed by atoms with E-state index in [2.05, 4.69) is 10.3 Å². The molecule has 0 aliphatic carbocycles. The first kappa shape index (κ1) is 26.0. The van der Waals surface area contributed by atoms with Crippen molar-refractivity contribution < 1.29 is 18.4 Å². The van der Waals surface area contributed by atoms with Gasteiger partial charge >= 0.3 is 0 Å². The smallest absolute Gasteiger partial charge is 0.264 e. The second-order valence-electron chi connectivity index (χ2n) is 8.98. The summed E-state index contributed by atoms with van der Waals surface area (Å²) in [5.41, 5.74) is 5.50. The number of nitrogens with zero attached hydrogens (tertiary/aromatic N) is 4. The van der Waals surface area contributed by atoms with Gasteiger partial charge in [0, 0.05) is 30.6 Å². The van der Waals surface area contributed by atoms with Crippen molar-refractivity contribution in [1.29, 1.82) is 0 Å². The van der Waals surface area contributed by atoms with Crippen LogP contribution in [0.5, 0.6) is 0 Å². The second-order valence-corrected chi connectivity index (χ2v) is 11.4. The molecule has 11 heteroatoms. The topological polar surface area (TPSA) is 136 Å². The number of carbonyl (C=O) groups is 1. The zero-order chi connectivity index (χ0) is 26.6. The normalized spacial score (nSPS) is 13.2. The van der Waals surface area contributed by atoms with Gasteiger partial charge in [0.25, 0.3) is 11.5 Å². The van der Waals surface area contributed by atoms with E-state index < -0.39 is 20.5 Å². The Hall–Kier alpha value is -4.09. The predicted molar refractivity (Wildman–Crippen MR) is 138 cm³/mol. The van der Waals surface area contributed by atoms with Gasteiger partial charge in [0.2, 0.25) is 0 Å². The molecule has 2 aromatic carbocycles. The summed E-state index contributed by atoms with van der Waals surface area (Å²) in [5, 5.41) is 17.2. The van der Waals surface area contributed by atoms with Crippen molar-refractivity contribution in [3.05, 3.63) is 95.0 Å². The Kier molecular flexibility index (Phi) is 7.37. The number of hydrogen-bond donors (Lipinski definition) is 2. The first-order valence-corrected chi connectivity index (χ1v) is 13.4. The van der Waals surface area contributed by atoms with Crippen molar-refractivity contribution >= 4 is 15.7 Å². The summed E-state index contributed by atoms with van der Waals surface area (Å²) >= 11 is 0. The lowest BCUT2D eigenvalue weighted by atomic mass is 10.0. The number of rotatable bonds is 9. The monoisotopic (exact) mass is 521 g/mol. The highest BCUT2D eigenvalue weighted by atomic mass is 32.2. The van der Waals surface area contributed by atoms with Crippen molar-refractivity contribution in [1.82, 2.24) is 25.0 Å². The van der Waals surface area contributed by atoms with Crippen molar-refractivity contribution in [3.8, 4) is 22.4 Å². The number of sulfone groups is 1. The molecule has 0 saturated heterocycles. The van der Waals surface area contributed by atoms with E-state index >= 15 is 0 Å². The minimum Gasteiger partial charge on any atom is -0.315 e. The minimum absolute atomic E-state index is 0.0204. The third-order valence-electron chi connectivity index (χ3n) is 6.53. The van der Waals surface area contributed by atoms with Crippen LogP contribution in [0.15, 0.2) is 83.9 Å². The molecule has 0 aliphatic rings. The van der Waals surface area contributed by atoms with E-state index in [1.54, 1.807) is 18.5 Å². The summed E-state index contributed by atoms with van der Waals surface area (Å²) < 4.78 is 25.6. The van der Waals surface area contributed by atoms with Crippen LogP contribution in [-0.4, -0.2) is 50.1 Å². The van der Waals surface area contributed by atoms with Gasteiger partial charge in [-0.1, -0.05) is 59.8 Å². The molecule has 0 saturated carbocycles. The van der Waals surface area contributed by atoms with E-state index in [-0.39, 0.29) is 18.5 Å². The molecule has 1 atom stereocenters. The molecule has 2 aromatic heterocycles. The first-order valence-electron chi connectivity index (χ1n) is 11.5. The van der Waals surface area contributed by atoms with E-state index in [0.29, 0.717) is 12.1 Å².